The molecule has 0 aliphatic rings. The van der Waals surface area contributed by atoms with E-state index >= 15 is 0 Å². The molecule has 1 unspecified atom stereocenters. The van der Waals surface area contributed by atoms with Gasteiger partial charge in [0.2, 0.25) is 5.71 Å². The zero-order chi connectivity index (χ0) is 26.4. The smallest absolute Gasteiger partial charge is 0.229 e. The number of ketones is 1. The molecule has 4 aromatic rings. The van der Waals surface area contributed by atoms with E-state index in [4.69, 9.17) is 39.2 Å². The lowest BCUT2D eigenvalue weighted by Crippen LogP contribution is -2.31. The first kappa shape index (κ1) is 26.6. The highest BCUT2D eigenvalue weighted by molar-refractivity contribution is 7.92. The first-order chi connectivity index (χ1) is 16.9. The summed E-state index contributed by atoms with van der Waals surface area (Å²) >= 11 is 15.5. The van der Waals surface area contributed by atoms with Gasteiger partial charge in [0.05, 0.1) is 16.1 Å². The van der Waals surface area contributed by atoms with Gasteiger partial charge in [-0.1, -0.05) is 46.9 Å². The Balaban J connectivity index is 2.11. The lowest BCUT2D eigenvalue weighted by molar-refractivity contribution is 0.0990. The number of carbonyl (C=O) groups excluding carboxylic acids is 1. The van der Waals surface area contributed by atoms with Crippen molar-refractivity contribution in [2.24, 2.45) is 0 Å². The van der Waals surface area contributed by atoms with Crippen molar-refractivity contribution in [1.82, 2.24) is 4.98 Å². The highest BCUT2D eigenvalue weighted by Crippen LogP contribution is 2.42. The summed E-state index contributed by atoms with van der Waals surface area (Å²) in [7, 11) is -3.82. The van der Waals surface area contributed by atoms with Gasteiger partial charge in [-0.15, -0.1) is 0 Å². The van der Waals surface area contributed by atoms with Gasteiger partial charge < -0.3 is 8.97 Å². The molecule has 2 aromatic heterocycles. The second-order valence-corrected chi connectivity index (χ2v) is 12.1. The number of fused-ring (bicyclic) bond motifs is 1. The number of anilines is 1. The molecule has 1 atom stereocenters. The molecule has 0 amide bonds. The fraction of sp³-hybridized carbons (Fsp3) is 0.130. The number of hydrogen-bond donors (Lipinski definition) is 0. The van der Waals surface area contributed by atoms with Crippen LogP contribution in [0.2, 0.25) is 15.1 Å². The van der Waals surface area contributed by atoms with Crippen molar-refractivity contribution in [2.75, 3.05) is 16.4 Å². The van der Waals surface area contributed by atoms with E-state index in [1.807, 2.05) is 0 Å². The Labute approximate surface area is 224 Å². The maximum Gasteiger partial charge on any atom is 0.229 e. The Hall–Kier alpha value is -2.47. The lowest BCUT2D eigenvalue weighted by atomic mass is 9.98. The van der Waals surface area contributed by atoms with E-state index in [0.717, 1.165) is 6.26 Å². The fourth-order valence-electron chi connectivity index (χ4n) is 3.63. The minimum atomic E-state index is -3.82. The highest BCUT2D eigenvalue weighted by atomic mass is 35.5. The first-order valence-electron chi connectivity index (χ1n) is 10.1. The quantitative estimate of drug-likeness (QED) is 0.194. The minimum Gasteiger partial charge on any atom is -0.755 e. The van der Waals surface area contributed by atoms with Crippen LogP contribution in [0.4, 0.5) is 5.69 Å². The third kappa shape index (κ3) is 5.44. The standard InChI is InChI=1S/C23H17Cl3N2O6S2/c1-12(29)22-21(28(35(30)31)11-36(2,32)33)18-10-17(13-3-5-14(24)6-4-13)20(27-23(18)34-22)16-8-7-15(25)9-19(16)26/h3-10H,11H2,1-2H3,(H,30,31)/p-1. The predicted molar refractivity (Wildman–Crippen MR) is 141 cm³/mol. The fourth-order valence-corrected chi connectivity index (χ4v) is 6.06. The Bertz CT molecular complexity index is 1640. The van der Waals surface area contributed by atoms with Crippen molar-refractivity contribution in [3.8, 4) is 22.4 Å². The van der Waals surface area contributed by atoms with Crippen LogP contribution < -0.4 is 4.31 Å². The van der Waals surface area contributed by atoms with E-state index in [-0.39, 0.29) is 22.5 Å². The molecule has 0 spiro atoms. The normalized spacial score (nSPS) is 12.6. The van der Waals surface area contributed by atoms with Gasteiger partial charge in [-0.25, -0.2) is 13.4 Å². The van der Waals surface area contributed by atoms with Crippen LogP contribution in [0, 0.1) is 0 Å². The maximum atomic E-state index is 12.4. The van der Waals surface area contributed by atoms with Crippen LogP contribution in [0.3, 0.4) is 0 Å². The Morgan fingerprint density at radius 1 is 1.06 bits per heavy atom. The van der Waals surface area contributed by atoms with Crippen molar-refractivity contribution < 1.29 is 26.4 Å². The molecule has 0 saturated carbocycles. The van der Waals surface area contributed by atoms with Gasteiger partial charge in [-0.05, 0) is 42.0 Å². The number of hydrogen-bond acceptors (Lipinski definition) is 7. The zero-order valence-corrected chi connectivity index (χ0v) is 22.5. The van der Waals surface area contributed by atoms with Crippen molar-refractivity contribution in [3.63, 3.8) is 0 Å². The molecule has 2 aromatic carbocycles. The van der Waals surface area contributed by atoms with E-state index in [1.54, 1.807) is 48.5 Å². The van der Waals surface area contributed by atoms with Crippen molar-refractivity contribution >= 4 is 78.5 Å². The van der Waals surface area contributed by atoms with Crippen LogP contribution in [-0.4, -0.2) is 40.1 Å². The second-order valence-electron chi connectivity index (χ2n) is 7.85. The zero-order valence-electron chi connectivity index (χ0n) is 18.6. The number of pyridine rings is 1. The molecule has 8 nitrogen and oxygen atoms in total. The molecule has 0 aliphatic heterocycles. The largest absolute Gasteiger partial charge is 0.755 e. The molecule has 188 valence electrons. The number of furan rings is 1. The molecule has 2 heterocycles. The van der Waals surface area contributed by atoms with E-state index in [0.29, 0.717) is 41.8 Å². The molecule has 0 saturated heterocycles. The van der Waals surface area contributed by atoms with Crippen molar-refractivity contribution in [1.29, 1.82) is 0 Å². The van der Waals surface area contributed by atoms with Gasteiger partial charge in [-0.2, -0.15) is 0 Å². The Morgan fingerprint density at radius 3 is 2.25 bits per heavy atom. The topological polar surface area (TPSA) is 121 Å². The highest BCUT2D eigenvalue weighted by Gasteiger charge is 2.28. The first-order valence-corrected chi connectivity index (χ1v) is 14.3. The summed E-state index contributed by atoms with van der Waals surface area (Å²) in [5.41, 5.74) is 1.68. The lowest BCUT2D eigenvalue weighted by Gasteiger charge is -2.25. The van der Waals surface area contributed by atoms with Crippen LogP contribution in [0.25, 0.3) is 33.5 Å². The molecule has 0 bridgehead atoms. The molecule has 0 aliphatic carbocycles. The molecular weight excluding hydrogens is 571 g/mol. The van der Waals surface area contributed by atoms with Crippen LogP contribution >= 0.6 is 34.8 Å². The Kier molecular flexibility index (Phi) is 7.47. The molecule has 36 heavy (non-hydrogen) atoms. The predicted octanol–water partition coefficient (Wildman–Crippen LogP) is 5.93. The van der Waals surface area contributed by atoms with E-state index in [1.165, 1.54) is 6.92 Å². The van der Waals surface area contributed by atoms with Crippen LogP contribution in [-0.2, 0) is 21.1 Å². The van der Waals surface area contributed by atoms with Crippen molar-refractivity contribution in [2.45, 2.75) is 6.92 Å². The average molecular weight is 587 g/mol. The summed E-state index contributed by atoms with van der Waals surface area (Å²) in [6, 6.07) is 13.2. The third-order valence-corrected chi connectivity index (χ3v) is 7.46. The number of sulfone groups is 1. The number of carbonyl (C=O) groups is 1. The number of rotatable bonds is 7. The van der Waals surface area contributed by atoms with Crippen LogP contribution in [0.15, 0.2) is 52.9 Å². The summed E-state index contributed by atoms with van der Waals surface area (Å²) in [5, 5.41) is 1.31. The van der Waals surface area contributed by atoms with E-state index in [9.17, 15) is 22.0 Å². The molecule has 13 heteroatoms. The van der Waals surface area contributed by atoms with Crippen molar-refractivity contribution in [3.05, 3.63) is 69.4 Å². The van der Waals surface area contributed by atoms with Gasteiger partial charge in [0.25, 0.3) is 0 Å². The molecule has 0 fully saturated rings. The van der Waals surface area contributed by atoms with E-state index < -0.39 is 32.8 Å². The third-order valence-electron chi connectivity index (χ3n) is 5.10. The monoisotopic (exact) mass is 585 g/mol. The van der Waals surface area contributed by atoms with Gasteiger partial charge >= 0.3 is 0 Å². The molecular formula is C23H16Cl3N2O6S2-. The molecule has 4 rings (SSSR count). The van der Waals surface area contributed by atoms with Crippen LogP contribution in [0.1, 0.15) is 17.5 Å². The summed E-state index contributed by atoms with van der Waals surface area (Å²) in [4.78, 5) is 17.0. The van der Waals surface area contributed by atoms with Gasteiger partial charge in [0.15, 0.2) is 21.4 Å². The Morgan fingerprint density at radius 2 is 1.69 bits per heavy atom. The van der Waals surface area contributed by atoms with Crippen LogP contribution in [0.5, 0.6) is 0 Å². The number of aromatic nitrogens is 1. The molecule has 0 N–H and O–H groups in total. The number of benzene rings is 2. The van der Waals surface area contributed by atoms with Gasteiger partial charge in [0.1, 0.15) is 11.6 Å². The maximum absolute atomic E-state index is 12.4. The summed E-state index contributed by atoms with van der Waals surface area (Å²) in [5.74, 6) is -1.88. The van der Waals surface area contributed by atoms with Gasteiger partial charge in [0, 0.05) is 45.6 Å². The van der Waals surface area contributed by atoms with E-state index in [2.05, 4.69) is 4.98 Å². The number of nitrogens with zero attached hydrogens (tertiary/aromatic N) is 2. The summed E-state index contributed by atoms with van der Waals surface area (Å²) < 4.78 is 54.4. The van der Waals surface area contributed by atoms with Gasteiger partial charge in [-0.3, -0.25) is 13.3 Å². The number of halogens is 3. The summed E-state index contributed by atoms with van der Waals surface area (Å²) in [6.45, 7) is 1.17. The minimum absolute atomic E-state index is 0.0853. The number of Topliss-reactive ketones (excluding diaryl/α,β-unsaturated/α-hetero) is 1. The second kappa shape index (κ2) is 10.1. The summed E-state index contributed by atoms with van der Waals surface area (Å²) in [6.07, 6.45) is 0.876. The average Bonchev–Trinajstić information content (AvgIpc) is 3.15. The molecule has 0 radical (unpaired) electrons. The SMILES string of the molecule is CC(=O)c1oc2nc(-c3ccc(Cl)cc3Cl)c(-c3ccc(Cl)cc3)cc2c1N(CS(C)(=O)=O)S(=O)[O-].